The molecule has 0 spiro atoms. The third kappa shape index (κ3) is 2.93. The molecule has 2 unspecified atom stereocenters. The van der Waals surface area contributed by atoms with E-state index in [4.69, 9.17) is 0 Å². The van der Waals surface area contributed by atoms with Crippen molar-refractivity contribution in [3.63, 3.8) is 0 Å². The van der Waals surface area contributed by atoms with Crippen molar-refractivity contribution < 1.29 is 14.7 Å². The molecule has 5 heteroatoms. The van der Waals surface area contributed by atoms with Gasteiger partial charge in [0.05, 0.1) is 6.04 Å². The van der Waals surface area contributed by atoms with Gasteiger partial charge in [0.1, 0.15) is 6.04 Å². The molecule has 102 valence electrons. The van der Waals surface area contributed by atoms with Crippen LogP contribution in [0.3, 0.4) is 0 Å². The van der Waals surface area contributed by atoms with E-state index < -0.39 is 12.0 Å². The van der Waals surface area contributed by atoms with Crippen molar-refractivity contribution in [1.82, 2.24) is 10.2 Å². The third-order valence-electron chi connectivity index (χ3n) is 3.56. The highest BCUT2D eigenvalue weighted by Crippen LogP contribution is 2.26. The van der Waals surface area contributed by atoms with E-state index in [0.717, 1.165) is 5.56 Å². The molecule has 2 N–H and O–H groups in total. The molecule has 19 heavy (non-hydrogen) atoms. The molecule has 0 radical (unpaired) electrons. The Kier molecular flexibility index (Phi) is 4.16. The standard InChI is InChI=1S/C14H18N2O3/c1-15-13(17)11-7-8-12(14(18)19)16(11)9-10-5-3-2-4-6-10/h2-6,11-12H,7-9H2,1H3,(H,15,17)(H,18,19). The van der Waals surface area contributed by atoms with Crippen LogP contribution >= 0.6 is 0 Å². The Balaban J connectivity index is 2.19. The van der Waals surface area contributed by atoms with Crippen molar-refractivity contribution in [3.8, 4) is 0 Å². The molecule has 0 aromatic heterocycles. The highest BCUT2D eigenvalue weighted by Gasteiger charge is 2.40. The minimum absolute atomic E-state index is 0.111. The molecule has 1 amide bonds. The average molecular weight is 262 g/mol. The monoisotopic (exact) mass is 262 g/mol. The van der Waals surface area contributed by atoms with Gasteiger partial charge in [0, 0.05) is 13.6 Å². The summed E-state index contributed by atoms with van der Waals surface area (Å²) < 4.78 is 0. The maximum Gasteiger partial charge on any atom is 0.320 e. The van der Waals surface area contributed by atoms with Crippen LogP contribution in [0.2, 0.25) is 0 Å². The average Bonchev–Trinajstić information content (AvgIpc) is 2.83. The summed E-state index contributed by atoms with van der Waals surface area (Å²) in [5.74, 6) is -0.970. The lowest BCUT2D eigenvalue weighted by Crippen LogP contribution is -2.46. The first kappa shape index (κ1) is 13.5. The van der Waals surface area contributed by atoms with Crippen LogP contribution in [0.1, 0.15) is 18.4 Å². The number of aliphatic carboxylic acids is 1. The Hall–Kier alpha value is -1.88. The summed E-state index contributed by atoms with van der Waals surface area (Å²) in [6.45, 7) is 0.482. The van der Waals surface area contributed by atoms with Crippen LogP contribution in [0.5, 0.6) is 0 Å². The predicted octanol–water partition coefficient (Wildman–Crippen LogP) is 0.850. The molecule has 0 bridgehead atoms. The Morgan fingerprint density at radius 1 is 1.26 bits per heavy atom. The van der Waals surface area contributed by atoms with Gasteiger partial charge < -0.3 is 10.4 Å². The Bertz CT molecular complexity index is 461. The summed E-state index contributed by atoms with van der Waals surface area (Å²) in [4.78, 5) is 24.9. The number of carboxylic acid groups (broad SMARTS) is 1. The molecule has 1 aromatic carbocycles. The van der Waals surface area contributed by atoms with Crippen molar-refractivity contribution in [1.29, 1.82) is 0 Å². The molecule has 1 aromatic rings. The van der Waals surface area contributed by atoms with Crippen LogP contribution < -0.4 is 5.32 Å². The number of hydrogen-bond acceptors (Lipinski definition) is 3. The van der Waals surface area contributed by atoms with Gasteiger partial charge in [-0.25, -0.2) is 0 Å². The summed E-state index contributed by atoms with van der Waals surface area (Å²) >= 11 is 0. The number of likely N-dealkylation sites (tertiary alicyclic amines) is 1. The van der Waals surface area contributed by atoms with Crippen LogP contribution in [-0.4, -0.2) is 41.0 Å². The second-order valence-electron chi connectivity index (χ2n) is 4.72. The summed E-state index contributed by atoms with van der Waals surface area (Å²) in [6.07, 6.45) is 1.10. The van der Waals surface area contributed by atoms with Gasteiger partial charge in [-0.3, -0.25) is 14.5 Å². The lowest BCUT2D eigenvalue weighted by atomic mass is 10.1. The number of amides is 1. The van der Waals surface area contributed by atoms with E-state index in [9.17, 15) is 14.7 Å². The smallest absolute Gasteiger partial charge is 0.320 e. The Morgan fingerprint density at radius 3 is 2.47 bits per heavy atom. The van der Waals surface area contributed by atoms with Crippen LogP contribution in [0, 0.1) is 0 Å². The van der Waals surface area contributed by atoms with Crippen molar-refractivity contribution in [2.24, 2.45) is 0 Å². The zero-order valence-electron chi connectivity index (χ0n) is 10.9. The van der Waals surface area contributed by atoms with Gasteiger partial charge in [-0.1, -0.05) is 30.3 Å². The fourth-order valence-electron chi connectivity index (χ4n) is 2.59. The molecule has 1 saturated heterocycles. The summed E-state index contributed by atoms with van der Waals surface area (Å²) in [6, 6.07) is 8.69. The second kappa shape index (κ2) is 5.84. The normalized spacial score (nSPS) is 23.2. The van der Waals surface area contributed by atoms with Gasteiger partial charge in [0.25, 0.3) is 0 Å². The number of carboxylic acids is 1. The van der Waals surface area contributed by atoms with E-state index in [1.807, 2.05) is 30.3 Å². The molecule has 1 fully saturated rings. The third-order valence-corrected chi connectivity index (χ3v) is 3.56. The van der Waals surface area contributed by atoms with Gasteiger partial charge >= 0.3 is 5.97 Å². The molecule has 0 aliphatic carbocycles. The van der Waals surface area contributed by atoms with E-state index in [-0.39, 0.29) is 11.9 Å². The fourth-order valence-corrected chi connectivity index (χ4v) is 2.59. The molecular weight excluding hydrogens is 244 g/mol. The second-order valence-corrected chi connectivity index (χ2v) is 4.72. The molecule has 0 saturated carbocycles. The number of nitrogens with zero attached hydrogens (tertiary/aromatic N) is 1. The van der Waals surface area contributed by atoms with Crippen LogP contribution in [0.4, 0.5) is 0 Å². The highest BCUT2D eigenvalue weighted by atomic mass is 16.4. The number of hydrogen-bond donors (Lipinski definition) is 2. The van der Waals surface area contributed by atoms with Gasteiger partial charge in [-0.2, -0.15) is 0 Å². The minimum Gasteiger partial charge on any atom is -0.480 e. The van der Waals surface area contributed by atoms with Crippen molar-refractivity contribution >= 4 is 11.9 Å². The first-order chi connectivity index (χ1) is 9.13. The number of carbonyl (C=O) groups is 2. The minimum atomic E-state index is -0.859. The molecule has 5 nitrogen and oxygen atoms in total. The number of likely N-dealkylation sites (N-methyl/N-ethyl adjacent to an activating group) is 1. The first-order valence-electron chi connectivity index (χ1n) is 6.37. The van der Waals surface area contributed by atoms with E-state index in [1.165, 1.54) is 0 Å². The molecule has 1 aliphatic heterocycles. The van der Waals surface area contributed by atoms with E-state index in [0.29, 0.717) is 19.4 Å². The van der Waals surface area contributed by atoms with Crippen molar-refractivity contribution in [2.45, 2.75) is 31.5 Å². The fraction of sp³-hybridized carbons (Fsp3) is 0.429. The van der Waals surface area contributed by atoms with Gasteiger partial charge in [-0.05, 0) is 18.4 Å². The zero-order valence-corrected chi connectivity index (χ0v) is 10.9. The molecule has 2 rings (SSSR count). The largest absolute Gasteiger partial charge is 0.480 e. The van der Waals surface area contributed by atoms with E-state index in [2.05, 4.69) is 5.32 Å². The zero-order chi connectivity index (χ0) is 13.8. The van der Waals surface area contributed by atoms with Gasteiger partial charge in [0.2, 0.25) is 5.91 Å². The number of rotatable bonds is 4. The Labute approximate surface area is 112 Å². The van der Waals surface area contributed by atoms with Crippen LogP contribution in [0.15, 0.2) is 30.3 Å². The SMILES string of the molecule is CNC(=O)C1CCC(C(=O)O)N1Cc1ccccc1. The van der Waals surface area contributed by atoms with Crippen molar-refractivity contribution in [3.05, 3.63) is 35.9 Å². The summed E-state index contributed by atoms with van der Waals surface area (Å²) in [5, 5.41) is 11.9. The number of carbonyl (C=O) groups excluding carboxylic acids is 1. The highest BCUT2D eigenvalue weighted by molar-refractivity contribution is 5.84. The molecule has 1 heterocycles. The topological polar surface area (TPSA) is 69.6 Å². The van der Waals surface area contributed by atoms with E-state index in [1.54, 1.807) is 11.9 Å². The molecule has 1 aliphatic rings. The van der Waals surface area contributed by atoms with Gasteiger partial charge in [0.15, 0.2) is 0 Å². The first-order valence-corrected chi connectivity index (χ1v) is 6.37. The summed E-state index contributed by atoms with van der Waals surface area (Å²) in [5.41, 5.74) is 1.02. The lowest BCUT2D eigenvalue weighted by Gasteiger charge is -2.26. The van der Waals surface area contributed by atoms with Crippen molar-refractivity contribution in [2.75, 3.05) is 7.05 Å². The maximum atomic E-state index is 11.8. The van der Waals surface area contributed by atoms with E-state index >= 15 is 0 Å². The van der Waals surface area contributed by atoms with Crippen LogP contribution in [-0.2, 0) is 16.1 Å². The lowest BCUT2D eigenvalue weighted by molar-refractivity contribution is -0.143. The maximum absolute atomic E-state index is 11.8. The number of nitrogens with one attached hydrogen (secondary N) is 1. The van der Waals surface area contributed by atoms with Crippen LogP contribution in [0.25, 0.3) is 0 Å². The van der Waals surface area contributed by atoms with Gasteiger partial charge in [-0.15, -0.1) is 0 Å². The number of benzene rings is 1. The Morgan fingerprint density at radius 2 is 1.89 bits per heavy atom. The quantitative estimate of drug-likeness (QED) is 0.844. The summed E-state index contributed by atoms with van der Waals surface area (Å²) in [7, 11) is 1.58. The molecule has 2 atom stereocenters. The molecular formula is C14H18N2O3. The predicted molar refractivity (Wildman–Crippen MR) is 70.5 cm³/mol.